The van der Waals surface area contributed by atoms with E-state index in [-0.39, 0.29) is 11.7 Å². The third-order valence-electron chi connectivity index (χ3n) is 6.04. The van der Waals surface area contributed by atoms with E-state index in [1.807, 2.05) is 6.08 Å². The highest BCUT2D eigenvalue weighted by Crippen LogP contribution is 2.43. The Morgan fingerprint density at radius 2 is 1.34 bits per heavy atom. The van der Waals surface area contributed by atoms with Crippen LogP contribution in [0.15, 0.2) is 58.9 Å². The molecule has 1 saturated carbocycles. The normalized spacial score (nSPS) is 24.2. The van der Waals surface area contributed by atoms with Crippen LogP contribution in [0.3, 0.4) is 0 Å². The van der Waals surface area contributed by atoms with Gasteiger partial charge in [0.15, 0.2) is 0 Å². The number of ketones is 2. The molecule has 154 valence electrons. The zero-order valence-corrected chi connectivity index (χ0v) is 17.8. The van der Waals surface area contributed by atoms with Crippen molar-refractivity contribution >= 4 is 11.6 Å². The average Bonchev–Trinajstić information content (AvgIpc) is 2.74. The highest BCUT2D eigenvalue weighted by molar-refractivity contribution is 6.51. The van der Waals surface area contributed by atoms with E-state index in [0.717, 1.165) is 38.5 Å². The fourth-order valence-electron chi connectivity index (χ4n) is 4.54. The number of carbonyl (C=O) groups is 2. The minimum atomic E-state index is -0.494. The van der Waals surface area contributed by atoms with Gasteiger partial charge in [-0.15, -0.1) is 0 Å². The first-order valence-corrected chi connectivity index (χ1v) is 11.0. The van der Waals surface area contributed by atoms with Crippen molar-refractivity contribution in [3.8, 4) is 0 Å². The topological polar surface area (TPSA) is 54.4 Å². The molecule has 0 spiro atoms. The SMILES string of the molecule is CCC.Cc1ccc(C2CCC(C3=C(O)C4=CCCC=C4C(=O)C3=O)CC2)cc1. The van der Waals surface area contributed by atoms with Gasteiger partial charge < -0.3 is 5.11 Å². The van der Waals surface area contributed by atoms with Gasteiger partial charge in [0.25, 0.3) is 0 Å². The van der Waals surface area contributed by atoms with E-state index in [2.05, 4.69) is 45.0 Å². The second-order valence-corrected chi connectivity index (χ2v) is 8.40. The minimum absolute atomic E-state index is 0.0162. The first-order valence-electron chi connectivity index (χ1n) is 11.0. The van der Waals surface area contributed by atoms with Crippen molar-refractivity contribution in [2.45, 2.75) is 71.6 Å². The molecule has 0 unspecified atom stereocenters. The van der Waals surface area contributed by atoms with E-state index in [1.165, 1.54) is 17.5 Å². The molecular weight excluding hydrogens is 360 g/mol. The van der Waals surface area contributed by atoms with Crippen LogP contribution in [-0.2, 0) is 9.59 Å². The maximum absolute atomic E-state index is 12.6. The van der Waals surface area contributed by atoms with Crippen molar-refractivity contribution in [1.82, 2.24) is 0 Å². The Balaban J connectivity index is 0.000000755. The standard InChI is InChI=1S/C23H24O3.C3H8/c1-14-6-8-15(9-7-14)16-10-12-17(13-11-16)20-21(24)18-4-2-3-5-19(18)22(25)23(20)26;1-3-2/h4-9,16-17,24H,2-3,10-13H2,1H3;3H2,1-2H3. The fourth-order valence-corrected chi connectivity index (χ4v) is 4.54. The lowest BCUT2D eigenvalue weighted by atomic mass is 9.71. The number of hydrogen-bond acceptors (Lipinski definition) is 3. The third kappa shape index (κ3) is 4.44. The van der Waals surface area contributed by atoms with Gasteiger partial charge in [-0.1, -0.05) is 62.2 Å². The molecule has 1 fully saturated rings. The van der Waals surface area contributed by atoms with Crippen LogP contribution < -0.4 is 0 Å². The molecule has 29 heavy (non-hydrogen) atoms. The monoisotopic (exact) mass is 392 g/mol. The Kier molecular flexibility index (Phi) is 6.89. The molecule has 3 aliphatic carbocycles. The van der Waals surface area contributed by atoms with Gasteiger partial charge in [-0.25, -0.2) is 0 Å². The van der Waals surface area contributed by atoms with Crippen molar-refractivity contribution in [3.63, 3.8) is 0 Å². The lowest BCUT2D eigenvalue weighted by Crippen LogP contribution is -2.32. The van der Waals surface area contributed by atoms with Crippen LogP contribution in [-0.4, -0.2) is 16.7 Å². The summed E-state index contributed by atoms with van der Waals surface area (Å²) in [6.45, 7) is 6.34. The van der Waals surface area contributed by atoms with Crippen molar-refractivity contribution in [2.75, 3.05) is 0 Å². The Hall–Kier alpha value is -2.42. The van der Waals surface area contributed by atoms with Gasteiger partial charge in [-0.2, -0.15) is 0 Å². The lowest BCUT2D eigenvalue weighted by Gasteiger charge is -2.32. The van der Waals surface area contributed by atoms with E-state index in [0.29, 0.717) is 22.6 Å². The summed E-state index contributed by atoms with van der Waals surface area (Å²) in [4.78, 5) is 25.1. The van der Waals surface area contributed by atoms with E-state index >= 15 is 0 Å². The molecule has 3 heteroatoms. The number of aryl methyl sites for hydroxylation is 1. The van der Waals surface area contributed by atoms with Crippen molar-refractivity contribution in [3.05, 3.63) is 70.0 Å². The summed E-state index contributed by atoms with van der Waals surface area (Å²) in [6, 6.07) is 8.66. The van der Waals surface area contributed by atoms with E-state index in [4.69, 9.17) is 0 Å². The van der Waals surface area contributed by atoms with Crippen LogP contribution in [0.4, 0.5) is 0 Å². The lowest BCUT2D eigenvalue weighted by molar-refractivity contribution is -0.132. The summed E-state index contributed by atoms with van der Waals surface area (Å²) in [7, 11) is 0. The molecular formula is C26H32O3. The smallest absolute Gasteiger partial charge is 0.233 e. The van der Waals surface area contributed by atoms with Crippen LogP contribution in [0.5, 0.6) is 0 Å². The maximum atomic E-state index is 12.6. The van der Waals surface area contributed by atoms with Crippen molar-refractivity contribution in [2.24, 2.45) is 5.92 Å². The molecule has 0 atom stereocenters. The molecule has 1 N–H and O–H groups in total. The number of allylic oxidation sites excluding steroid dienone is 4. The molecule has 0 amide bonds. The molecule has 3 nitrogen and oxygen atoms in total. The van der Waals surface area contributed by atoms with E-state index in [9.17, 15) is 14.7 Å². The molecule has 0 aromatic heterocycles. The first-order chi connectivity index (χ1) is 14.0. The Bertz CT molecular complexity index is 860. The largest absolute Gasteiger partial charge is 0.507 e. The highest BCUT2D eigenvalue weighted by Gasteiger charge is 2.40. The predicted molar refractivity (Wildman–Crippen MR) is 117 cm³/mol. The van der Waals surface area contributed by atoms with Gasteiger partial charge in [-0.05, 0) is 62.8 Å². The number of fused-ring (bicyclic) bond motifs is 1. The van der Waals surface area contributed by atoms with Crippen molar-refractivity contribution in [1.29, 1.82) is 0 Å². The molecule has 0 saturated heterocycles. The molecule has 1 aromatic rings. The minimum Gasteiger partial charge on any atom is -0.507 e. The predicted octanol–water partition coefficient (Wildman–Crippen LogP) is 6.30. The molecule has 0 bridgehead atoms. The summed E-state index contributed by atoms with van der Waals surface area (Å²) in [6.07, 6.45) is 10.1. The number of carbonyl (C=O) groups excluding carboxylic acids is 2. The zero-order chi connectivity index (χ0) is 21.0. The first kappa shape index (κ1) is 21.3. The Morgan fingerprint density at radius 3 is 1.93 bits per heavy atom. The summed E-state index contributed by atoms with van der Waals surface area (Å²) in [5.74, 6) is -0.402. The van der Waals surface area contributed by atoms with E-state index < -0.39 is 11.6 Å². The van der Waals surface area contributed by atoms with Crippen LogP contribution in [0.1, 0.15) is 75.8 Å². The third-order valence-corrected chi connectivity index (χ3v) is 6.04. The fraction of sp³-hybridized carbons (Fsp3) is 0.462. The van der Waals surface area contributed by atoms with Gasteiger partial charge in [0.2, 0.25) is 11.6 Å². The summed E-state index contributed by atoms with van der Waals surface area (Å²) in [5, 5.41) is 10.7. The average molecular weight is 393 g/mol. The molecule has 3 aliphatic rings. The zero-order valence-electron chi connectivity index (χ0n) is 17.8. The molecule has 0 aliphatic heterocycles. The number of benzene rings is 1. The number of rotatable bonds is 2. The Morgan fingerprint density at radius 1 is 0.828 bits per heavy atom. The highest BCUT2D eigenvalue weighted by atomic mass is 16.3. The number of hydrogen-bond donors (Lipinski definition) is 1. The molecule has 0 heterocycles. The molecule has 0 radical (unpaired) electrons. The van der Waals surface area contributed by atoms with Crippen LogP contribution in [0.2, 0.25) is 0 Å². The second kappa shape index (κ2) is 9.39. The van der Waals surface area contributed by atoms with Crippen molar-refractivity contribution < 1.29 is 14.7 Å². The van der Waals surface area contributed by atoms with Gasteiger partial charge in [0.1, 0.15) is 5.76 Å². The van der Waals surface area contributed by atoms with Crippen LogP contribution >= 0.6 is 0 Å². The Labute approximate surface area is 174 Å². The second-order valence-electron chi connectivity index (χ2n) is 8.40. The van der Waals surface area contributed by atoms with Gasteiger partial charge in [0.05, 0.1) is 0 Å². The number of aliphatic hydroxyl groups is 1. The van der Waals surface area contributed by atoms with Gasteiger partial charge in [-0.3, -0.25) is 9.59 Å². The number of Topliss-reactive ketones (excluding diaryl/α,β-unsaturated/α-hetero) is 2. The summed E-state index contributed by atoms with van der Waals surface area (Å²) >= 11 is 0. The maximum Gasteiger partial charge on any atom is 0.233 e. The number of aliphatic hydroxyl groups excluding tert-OH is 1. The molecule has 4 rings (SSSR count). The molecule has 1 aromatic carbocycles. The van der Waals surface area contributed by atoms with Gasteiger partial charge in [0, 0.05) is 16.7 Å². The summed E-state index contributed by atoms with van der Waals surface area (Å²) < 4.78 is 0. The van der Waals surface area contributed by atoms with Crippen LogP contribution in [0, 0.1) is 12.8 Å². The summed E-state index contributed by atoms with van der Waals surface area (Å²) in [5.41, 5.74) is 3.95. The van der Waals surface area contributed by atoms with Gasteiger partial charge >= 0.3 is 0 Å². The van der Waals surface area contributed by atoms with Crippen LogP contribution in [0.25, 0.3) is 0 Å². The van der Waals surface area contributed by atoms with E-state index in [1.54, 1.807) is 6.08 Å². The quantitative estimate of drug-likeness (QED) is 0.601.